The third kappa shape index (κ3) is 6.77. The molecule has 8 bridgehead atoms. The van der Waals surface area contributed by atoms with Crippen LogP contribution in [0.5, 0.6) is 0 Å². The molecule has 3 aromatic heterocycles. The fraction of sp³-hybridized carbons (Fsp3) is 0. The summed E-state index contributed by atoms with van der Waals surface area (Å²) in [6, 6.07) is 39.7. The second kappa shape index (κ2) is 14.5. The number of aromatic amines is 2. The molecule has 0 saturated carbocycles. The van der Waals surface area contributed by atoms with E-state index in [1.165, 1.54) is 0 Å². The first kappa shape index (κ1) is 35.2. The van der Waals surface area contributed by atoms with Gasteiger partial charge >= 0.3 is 0 Å². The fourth-order valence-corrected chi connectivity index (χ4v) is 7.76. The minimum atomic E-state index is 0. The summed E-state index contributed by atoms with van der Waals surface area (Å²) in [6.45, 7) is 0. The smallest absolute Gasteiger partial charge is 0.0737 e. The Kier molecular flexibility index (Phi) is 9.64. The topological polar surface area (TPSA) is 57.4 Å². The van der Waals surface area contributed by atoms with Crippen molar-refractivity contribution in [3.05, 3.63) is 164 Å². The Morgan fingerprint density at radius 2 is 0.585 bits per heavy atom. The molecule has 259 valence electrons. The summed E-state index contributed by atoms with van der Waals surface area (Å²) in [6.07, 6.45) is 8.20. The molecule has 7 aromatic rings. The zero-order valence-electron chi connectivity index (χ0n) is 27.6. The summed E-state index contributed by atoms with van der Waals surface area (Å²) in [5, 5.41) is 2.53. The Labute approximate surface area is 336 Å². The molecule has 0 aliphatic carbocycles. The number of nitrogens with zero attached hydrogens (tertiary/aromatic N) is 2. The molecule has 0 fully saturated rings. The van der Waals surface area contributed by atoms with E-state index in [9.17, 15) is 0 Å². The SMILES string of the molecule is Clc1cccc(-c2c3nc(c(-c4cccc(Cl)c4)c4ccc([nH]4)c(-c4cccc(Cl)c4)c4nc(c(-c5cccc(Cl)c5)c5ccc2[nH]5)C=C4)C=C3)c1.[Co]. The Hall–Kier alpha value is -4.85. The molecule has 4 nitrogen and oxygen atoms in total. The normalized spacial score (nSPS) is 11.8. The van der Waals surface area contributed by atoms with Crippen LogP contribution in [0.25, 0.3) is 90.9 Å². The number of aromatic nitrogens is 4. The van der Waals surface area contributed by atoms with Crippen molar-refractivity contribution in [2.24, 2.45) is 0 Å². The van der Waals surface area contributed by atoms with E-state index in [-0.39, 0.29) is 16.8 Å². The number of fused-ring (bicyclic) bond motifs is 8. The third-order valence-electron chi connectivity index (χ3n) is 9.21. The quantitative estimate of drug-likeness (QED) is 0.186. The number of hydrogen-bond donors (Lipinski definition) is 2. The van der Waals surface area contributed by atoms with Crippen LogP contribution in [0.4, 0.5) is 0 Å². The summed E-state index contributed by atoms with van der Waals surface area (Å²) in [5.74, 6) is 0. The number of benzene rings is 4. The standard InChI is InChI=1S/C44H26Cl4N4.Co/c45-29-9-1-5-25(21-29)41-33-13-15-35(49-33)42(26-6-2-10-30(46)22-26)37-17-19-39(51-37)44(28-8-4-12-32(48)24-28)40-20-18-38(52-40)43(36-16-14-34(41)50-36)27-7-3-11-31(47)23-27;/h1-24,49,52H;. The van der Waals surface area contributed by atoms with Crippen molar-refractivity contribution in [2.75, 3.05) is 0 Å². The van der Waals surface area contributed by atoms with Gasteiger partial charge in [-0.05, 0) is 119 Å². The van der Waals surface area contributed by atoms with Crippen molar-refractivity contribution in [2.45, 2.75) is 0 Å². The molecule has 9 heteroatoms. The van der Waals surface area contributed by atoms with Crippen LogP contribution in [0.1, 0.15) is 22.8 Å². The molecule has 0 atom stereocenters. The summed E-state index contributed by atoms with van der Waals surface area (Å²) in [7, 11) is 0. The van der Waals surface area contributed by atoms with Crippen LogP contribution in [-0.4, -0.2) is 19.9 Å². The second-order valence-corrected chi connectivity index (χ2v) is 14.3. The maximum atomic E-state index is 6.59. The van der Waals surface area contributed by atoms with E-state index >= 15 is 0 Å². The number of rotatable bonds is 4. The third-order valence-corrected chi connectivity index (χ3v) is 10.1. The first-order chi connectivity index (χ1) is 25.4. The first-order valence-electron chi connectivity index (χ1n) is 16.6. The molecule has 4 aromatic carbocycles. The maximum Gasteiger partial charge on any atom is 0.0737 e. The second-order valence-electron chi connectivity index (χ2n) is 12.5. The Morgan fingerprint density at radius 1 is 0.340 bits per heavy atom. The van der Waals surface area contributed by atoms with Crippen LogP contribution in [0.3, 0.4) is 0 Å². The number of halogens is 4. The molecule has 2 aliphatic heterocycles. The van der Waals surface area contributed by atoms with Crippen molar-refractivity contribution in [1.82, 2.24) is 19.9 Å². The summed E-state index contributed by atoms with van der Waals surface area (Å²) in [4.78, 5) is 18.1. The molecule has 2 aliphatic rings. The van der Waals surface area contributed by atoms with Crippen molar-refractivity contribution < 1.29 is 16.8 Å². The summed E-state index contributed by atoms with van der Waals surface area (Å²) in [5.41, 5.74) is 14.0. The summed E-state index contributed by atoms with van der Waals surface area (Å²) < 4.78 is 0. The van der Waals surface area contributed by atoms with Gasteiger partial charge in [0.1, 0.15) is 0 Å². The van der Waals surface area contributed by atoms with E-state index in [2.05, 4.69) is 34.2 Å². The maximum absolute atomic E-state index is 6.59. The Morgan fingerprint density at radius 3 is 0.811 bits per heavy atom. The average molecular weight is 811 g/mol. The van der Waals surface area contributed by atoms with Gasteiger partial charge < -0.3 is 9.97 Å². The van der Waals surface area contributed by atoms with E-state index in [0.29, 0.717) is 20.1 Å². The zero-order valence-corrected chi connectivity index (χ0v) is 31.7. The van der Waals surface area contributed by atoms with E-state index < -0.39 is 0 Å². The van der Waals surface area contributed by atoms with Crippen molar-refractivity contribution >= 4 is 92.8 Å². The van der Waals surface area contributed by atoms with E-state index in [0.717, 1.165) is 89.4 Å². The first-order valence-corrected chi connectivity index (χ1v) is 18.1. The molecule has 0 saturated heterocycles. The van der Waals surface area contributed by atoms with Crippen LogP contribution < -0.4 is 0 Å². The van der Waals surface area contributed by atoms with Gasteiger partial charge in [0.15, 0.2) is 0 Å². The minimum Gasteiger partial charge on any atom is -0.354 e. The molecule has 0 spiro atoms. The molecule has 0 amide bonds. The van der Waals surface area contributed by atoms with Gasteiger partial charge in [-0.2, -0.15) is 0 Å². The van der Waals surface area contributed by atoms with Gasteiger partial charge in [0.2, 0.25) is 0 Å². The van der Waals surface area contributed by atoms with Crippen molar-refractivity contribution in [3.8, 4) is 44.5 Å². The van der Waals surface area contributed by atoms with Crippen LogP contribution in [-0.2, 0) is 16.8 Å². The number of hydrogen-bond acceptors (Lipinski definition) is 2. The predicted molar refractivity (Wildman–Crippen MR) is 221 cm³/mol. The summed E-state index contributed by atoms with van der Waals surface area (Å²) >= 11 is 26.3. The average Bonchev–Trinajstić information content (AvgIpc) is 3.96. The molecule has 1 radical (unpaired) electrons. The van der Waals surface area contributed by atoms with Gasteiger partial charge in [-0.25, -0.2) is 9.97 Å². The van der Waals surface area contributed by atoms with Gasteiger partial charge in [0, 0.05) is 81.2 Å². The largest absolute Gasteiger partial charge is 0.354 e. The van der Waals surface area contributed by atoms with Gasteiger partial charge in [-0.15, -0.1) is 0 Å². The van der Waals surface area contributed by atoms with Crippen LogP contribution in [0.2, 0.25) is 20.1 Å². The number of nitrogens with one attached hydrogen (secondary N) is 2. The van der Waals surface area contributed by atoms with E-state index in [4.69, 9.17) is 56.4 Å². The predicted octanol–water partition coefficient (Wildman–Crippen LogP) is 13.9. The van der Waals surface area contributed by atoms with Crippen LogP contribution >= 0.6 is 46.4 Å². The molecule has 53 heavy (non-hydrogen) atoms. The Bertz CT molecular complexity index is 2440. The fourth-order valence-electron chi connectivity index (χ4n) is 7.00. The van der Waals surface area contributed by atoms with Crippen molar-refractivity contribution in [1.29, 1.82) is 0 Å². The molecule has 9 rings (SSSR count). The van der Waals surface area contributed by atoms with E-state index in [1.807, 2.05) is 121 Å². The number of H-pyrrole nitrogens is 2. The van der Waals surface area contributed by atoms with Crippen molar-refractivity contribution in [3.63, 3.8) is 0 Å². The molecule has 5 heterocycles. The molecule has 2 N–H and O–H groups in total. The minimum absolute atomic E-state index is 0. The van der Waals surface area contributed by atoms with Gasteiger partial charge in [-0.1, -0.05) is 94.9 Å². The van der Waals surface area contributed by atoms with Crippen LogP contribution in [0.15, 0.2) is 121 Å². The van der Waals surface area contributed by atoms with Gasteiger partial charge in [-0.3, -0.25) is 0 Å². The molecular weight excluding hydrogens is 785 g/mol. The van der Waals surface area contributed by atoms with Gasteiger partial charge in [0.25, 0.3) is 0 Å². The zero-order chi connectivity index (χ0) is 35.3. The van der Waals surface area contributed by atoms with Crippen LogP contribution in [0, 0.1) is 0 Å². The Balaban J connectivity index is 0.00000400. The molecule has 0 unspecified atom stereocenters. The van der Waals surface area contributed by atoms with E-state index in [1.54, 1.807) is 0 Å². The molecular formula is C44H26Cl4CoN4. The van der Waals surface area contributed by atoms with Gasteiger partial charge in [0.05, 0.1) is 22.8 Å². The monoisotopic (exact) mass is 809 g/mol.